The lowest BCUT2D eigenvalue weighted by Crippen LogP contribution is -2.48. The van der Waals surface area contributed by atoms with Gasteiger partial charge in [-0.05, 0) is 52.4 Å². The van der Waals surface area contributed by atoms with Crippen molar-refractivity contribution in [2.75, 3.05) is 26.2 Å². The van der Waals surface area contributed by atoms with Gasteiger partial charge in [0.05, 0.1) is 0 Å². The number of likely N-dealkylation sites (tertiary alicyclic amines) is 2. The fourth-order valence-corrected chi connectivity index (χ4v) is 4.43. The number of nitrogens with one attached hydrogen (secondary N) is 1. The minimum atomic E-state index is -0.465. The summed E-state index contributed by atoms with van der Waals surface area (Å²) in [5.41, 5.74) is -0.0827. The van der Waals surface area contributed by atoms with Crippen molar-refractivity contribution < 1.29 is 18.8 Å². The topological polar surface area (TPSA) is 87.9 Å². The third kappa shape index (κ3) is 4.96. The van der Waals surface area contributed by atoms with Crippen LogP contribution < -0.4 is 5.32 Å². The number of carbonyl (C=O) groups is 2. The molecule has 3 fully saturated rings. The van der Waals surface area contributed by atoms with Crippen molar-refractivity contribution in [1.29, 1.82) is 0 Å². The molecule has 2 saturated heterocycles. The number of hydrogen-bond donors (Lipinski definition) is 1. The van der Waals surface area contributed by atoms with Crippen LogP contribution in [0, 0.1) is 5.92 Å². The molecule has 2 amide bonds. The SMILES string of the molecule is CC1CN(C2CCN(C(=O)OC(C)(C)C)CC2)CC1NC(=O)c1cc(C2CC2)on1. The Morgan fingerprint density at radius 2 is 1.87 bits per heavy atom. The summed E-state index contributed by atoms with van der Waals surface area (Å²) in [6.07, 6.45) is 3.88. The van der Waals surface area contributed by atoms with E-state index >= 15 is 0 Å². The van der Waals surface area contributed by atoms with Gasteiger partial charge in [0, 0.05) is 50.2 Å². The molecule has 1 aromatic heterocycles. The first-order chi connectivity index (χ1) is 14.2. The molecule has 3 heterocycles. The van der Waals surface area contributed by atoms with Gasteiger partial charge in [0.25, 0.3) is 5.91 Å². The van der Waals surface area contributed by atoms with Crippen LogP contribution in [-0.2, 0) is 4.74 Å². The van der Waals surface area contributed by atoms with Crippen molar-refractivity contribution in [2.45, 2.75) is 77.0 Å². The van der Waals surface area contributed by atoms with Gasteiger partial charge in [0.1, 0.15) is 11.4 Å². The largest absolute Gasteiger partial charge is 0.444 e. The molecule has 166 valence electrons. The molecule has 8 heteroatoms. The van der Waals surface area contributed by atoms with Crippen molar-refractivity contribution in [1.82, 2.24) is 20.3 Å². The summed E-state index contributed by atoms with van der Waals surface area (Å²) in [5, 5.41) is 7.11. The third-order valence-electron chi connectivity index (χ3n) is 6.33. The number of rotatable bonds is 4. The smallest absolute Gasteiger partial charge is 0.410 e. The highest BCUT2D eigenvalue weighted by Gasteiger charge is 2.37. The first-order valence-corrected chi connectivity index (χ1v) is 11.2. The van der Waals surface area contributed by atoms with E-state index in [-0.39, 0.29) is 18.0 Å². The van der Waals surface area contributed by atoms with E-state index in [2.05, 4.69) is 22.3 Å². The normalized spacial score (nSPS) is 26.1. The number of ether oxygens (including phenoxy) is 1. The maximum absolute atomic E-state index is 12.6. The number of piperidine rings is 1. The third-order valence-corrected chi connectivity index (χ3v) is 6.33. The zero-order valence-electron chi connectivity index (χ0n) is 18.5. The van der Waals surface area contributed by atoms with Gasteiger partial charge in [-0.15, -0.1) is 0 Å². The molecule has 30 heavy (non-hydrogen) atoms. The number of hydrogen-bond acceptors (Lipinski definition) is 6. The second-order valence-corrected chi connectivity index (χ2v) is 10.1. The summed E-state index contributed by atoms with van der Waals surface area (Å²) in [6, 6.07) is 2.32. The number of nitrogens with zero attached hydrogens (tertiary/aromatic N) is 3. The van der Waals surface area contributed by atoms with Crippen molar-refractivity contribution >= 4 is 12.0 Å². The number of amides is 2. The molecule has 1 aliphatic carbocycles. The Morgan fingerprint density at radius 1 is 1.17 bits per heavy atom. The van der Waals surface area contributed by atoms with E-state index in [9.17, 15) is 9.59 Å². The van der Waals surface area contributed by atoms with Crippen LogP contribution in [0.2, 0.25) is 0 Å². The molecule has 3 aliphatic rings. The van der Waals surface area contributed by atoms with Gasteiger partial charge < -0.3 is 19.5 Å². The van der Waals surface area contributed by atoms with Gasteiger partial charge in [0.15, 0.2) is 5.69 Å². The Labute approximate surface area is 178 Å². The monoisotopic (exact) mass is 418 g/mol. The van der Waals surface area contributed by atoms with E-state index in [0.717, 1.165) is 44.5 Å². The van der Waals surface area contributed by atoms with E-state index in [0.29, 0.717) is 36.7 Å². The molecule has 8 nitrogen and oxygen atoms in total. The first kappa shape index (κ1) is 21.2. The molecule has 0 bridgehead atoms. The Balaban J connectivity index is 1.26. The zero-order chi connectivity index (χ0) is 21.5. The number of carbonyl (C=O) groups excluding carboxylic acids is 2. The summed E-state index contributed by atoms with van der Waals surface area (Å²) in [7, 11) is 0. The van der Waals surface area contributed by atoms with Gasteiger partial charge in [-0.3, -0.25) is 9.69 Å². The van der Waals surface area contributed by atoms with Crippen LogP contribution in [0.3, 0.4) is 0 Å². The molecule has 1 saturated carbocycles. The zero-order valence-corrected chi connectivity index (χ0v) is 18.5. The number of aromatic nitrogens is 1. The quantitative estimate of drug-likeness (QED) is 0.809. The Morgan fingerprint density at radius 3 is 2.50 bits per heavy atom. The second kappa shape index (κ2) is 8.21. The molecule has 1 N–H and O–H groups in total. The predicted molar refractivity (Wildman–Crippen MR) is 111 cm³/mol. The summed E-state index contributed by atoms with van der Waals surface area (Å²) in [4.78, 5) is 29.2. The van der Waals surface area contributed by atoms with Crippen LogP contribution in [0.5, 0.6) is 0 Å². The molecule has 0 radical (unpaired) electrons. The molecule has 2 aliphatic heterocycles. The first-order valence-electron chi connectivity index (χ1n) is 11.2. The lowest BCUT2D eigenvalue weighted by Gasteiger charge is -2.37. The Hall–Kier alpha value is -2.09. The summed E-state index contributed by atoms with van der Waals surface area (Å²) in [6.45, 7) is 11.1. The van der Waals surface area contributed by atoms with Crippen LogP contribution in [-0.4, -0.2) is 70.8 Å². The molecular formula is C22H34N4O4. The van der Waals surface area contributed by atoms with Crippen LogP contribution in [0.1, 0.15) is 75.5 Å². The fraction of sp³-hybridized carbons (Fsp3) is 0.773. The average Bonchev–Trinajstić information content (AvgIpc) is 3.30. The van der Waals surface area contributed by atoms with Crippen LogP contribution in [0.4, 0.5) is 4.79 Å². The highest BCUT2D eigenvalue weighted by Crippen LogP contribution is 2.40. The van der Waals surface area contributed by atoms with Crippen molar-refractivity contribution in [2.24, 2.45) is 5.92 Å². The average molecular weight is 419 g/mol. The summed E-state index contributed by atoms with van der Waals surface area (Å²) < 4.78 is 10.8. The van der Waals surface area contributed by atoms with Crippen molar-refractivity contribution in [3.63, 3.8) is 0 Å². The second-order valence-electron chi connectivity index (χ2n) is 10.1. The van der Waals surface area contributed by atoms with Gasteiger partial charge in [-0.25, -0.2) is 4.79 Å². The Kier molecular flexibility index (Phi) is 5.79. The van der Waals surface area contributed by atoms with Crippen molar-refractivity contribution in [3.8, 4) is 0 Å². The highest BCUT2D eigenvalue weighted by molar-refractivity contribution is 5.92. The summed E-state index contributed by atoms with van der Waals surface area (Å²) in [5.74, 6) is 1.50. The predicted octanol–water partition coefficient (Wildman–Crippen LogP) is 3.00. The standard InChI is InChI=1S/C22H34N4O4/c1-14-12-26(16-7-9-25(10-8-16)21(28)29-22(2,3)4)13-18(14)23-20(27)17-11-19(30-24-17)15-5-6-15/h11,14-16,18H,5-10,12-13H2,1-4H3,(H,23,27). The minimum Gasteiger partial charge on any atom is -0.444 e. The minimum absolute atomic E-state index is 0.0995. The van der Waals surface area contributed by atoms with E-state index < -0.39 is 5.60 Å². The van der Waals surface area contributed by atoms with Crippen LogP contribution >= 0.6 is 0 Å². The van der Waals surface area contributed by atoms with E-state index in [1.807, 2.05) is 25.7 Å². The maximum Gasteiger partial charge on any atom is 0.410 e. The van der Waals surface area contributed by atoms with Crippen LogP contribution in [0.25, 0.3) is 0 Å². The lowest BCUT2D eigenvalue weighted by molar-refractivity contribution is 0.0153. The highest BCUT2D eigenvalue weighted by atomic mass is 16.6. The van der Waals surface area contributed by atoms with Gasteiger partial charge in [-0.1, -0.05) is 12.1 Å². The molecule has 0 spiro atoms. The lowest BCUT2D eigenvalue weighted by atomic mass is 10.0. The molecule has 1 aromatic rings. The molecular weight excluding hydrogens is 384 g/mol. The van der Waals surface area contributed by atoms with E-state index in [1.54, 1.807) is 6.07 Å². The molecule has 0 aromatic carbocycles. The molecule has 4 rings (SSSR count). The van der Waals surface area contributed by atoms with Crippen LogP contribution in [0.15, 0.2) is 10.6 Å². The van der Waals surface area contributed by atoms with E-state index in [1.165, 1.54) is 0 Å². The van der Waals surface area contributed by atoms with Crippen molar-refractivity contribution in [3.05, 3.63) is 17.5 Å². The molecule has 2 atom stereocenters. The van der Waals surface area contributed by atoms with Gasteiger partial charge in [0.2, 0.25) is 0 Å². The van der Waals surface area contributed by atoms with Gasteiger partial charge >= 0.3 is 6.09 Å². The Bertz CT molecular complexity index is 774. The fourth-order valence-electron chi connectivity index (χ4n) is 4.43. The van der Waals surface area contributed by atoms with Gasteiger partial charge in [-0.2, -0.15) is 0 Å². The van der Waals surface area contributed by atoms with E-state index in [4.69, 9.17) is 9.26 Å². The maximum atomic E-state index is 12.6. The molecule has 2 unspecified atom stereocenters. The summed E-state index contributed by atoms with van der Waals surface area (Å²) >= 11 is 0.